The summed E-state index contributed by atoms with van der Waals surface area (Å²) >= 11 is 0. The Bertz CT molecular complexity index is 517. The SMILES string of the molecule is CN(Cc1ccc2c(c1)CCO2)CC1(C#N)COC1. The minimum Gasteiger partial charge on any atom is -0.493 e. The quantitative estimate of drug-likeness (QED) is 0.823. The molecule has 0 amide bonds. The van der Waals surface area contributed by atoms with Crippen molar-refractivity contribution in [3.8, 4) is 11.8 Å². The van der Waals surface area contributed by atoms with Gasteiger partial charge < -0.3 is 14.4 Å². The molecule has 19 heavy (non-hydrogen) atoms. The smallest absolute Gasteiger partial charge is 0.122 e. The lowest BCUT2D eigenvalue weighted by molar-refractivity contribution is -0.0895. The van der Waals surface area contributed by atoms with Crippen LogP contribution < -0.4 is 4.74 Å². The molecule has 0 bridgehead atoms. The zero-order chi connectivity index (χ0) is 13.3. The van der Waals surface area contributed by atoms with Gasteiger partial charge in [-0.2, -0.15) is 5.26 Å². The van der Waals surface area contributed by atoms with Gasteiger partial charge >= 0.3 is 0 Å². The van der Waals surface area contributed by atoms with Gasteiger partial charge in [-0.15, -0.1) is 0 Å². The first-order valence-electron chi connectivity index (χ1n) is 6.63. The highest BCUT2D eigenvalue weighted by Gasteiger charge is 2.39. The van der Waals surface area contributed by atoms with Gasteiger partial charge in [0.25, 0.3) is 0 Å². The summed E-state index contributed by atoms with van der Waals surface area (Å²) < 4.78 is 10.7. The third-order valence-corrected chi connectivity index (χ3v) is 3.77. The Kier molecular flexibility index (Phi) is 3.17. The summed E-state index contributed by atoms with van der Waals surface area (Å²) in [4.78, 5) is 2.20. The van der Waals surface area contributed by atoms with Crippen molar-refractivity contribution in [3.63, 3.8) is 0 Å². The van der Waals surface area contributed by atoms with Crippen molar-refractivity contribution in [1.29, 1.82) is 5.26 Å². The summed E-state index contributed by atoms with van der Waals surface area (Å²) in [7, 11) is 2.06. The Hall–Kier alpha value is -1.57. The summed E-state index contributed by atoms with van der Waals surface area (Å²) in [6.45, 7) is 3.54. The van der Waals surface area contributed by atoms with Gasteiger partial charge in [-0.25, -0.2) is 0 Å². The first-order chi connectivity index (χ1) is 9.21. The standard InChI is InChI=1S/C15H18N2O2/c1-17(9-15(8-16)10-18-11-15)7-12-2-3-14-13(6-12)4-5-19-14/h2-3,6H,4-5,7,9-11H2,1H3. The number of hydrogen-bond donors (Lipinski definition) is 0. The van der Waals surface area contributed by atoms with Crippen LogP contribution in [-0.4, -0.2) is 38.3 Å². The highest BCUT2D eigenvalue weighted by Crippen LogP contribution is 2.29. The predicted octanol–water partition coefficient (Wildman–Crippen LogP) is 1.59. The second-order valence-corrected chi connectivity index (χ2v) is 5.60. The molecule has 1 aromatic carbocycles. The van der Waals surface area contributed by atoms with E-state index in [0.717, 1.165) is 31.9 Å². The molecule has 0 N–H and O–H groups in total. The van der Waals surface area contributed by atoms with Crippen LogP contribution in [0.2, 0.25) is 0 Å². The molecular formula is C15H18N2O2. The van der Waals surface area contributed by atoms with Crippen molar-refractivity contribution < 1.29 is 9.47 Å². The van der Waals surface area contributed by atoms with Crippen molar-refractivity contribution in [2.24, 2.45) is 5.41 Å². The van der Waals surface area contributed by atoms with E-state index in [2.05, 4.69) is 36.2 Å². The summed E-state index contributed by atoms with van der Waals surface area (Å²) in [5.74, 6) is 1.02. The van der Waals surface area contributed by atoms with Crippen LogP contribution in [0, 0.1) is 16.7 Å². The molecule has 1 saturated heterocycles. The molecule has 1 aromatic rings. The van der Waals surface area contributed by atoms with E-state index < -0.39 is 0 Å². The van der Waals surface area contributed by atoms with Crippen molar-refractivity contribution >= 4 is 0 Å². The van der Waals surface area contributed by atoms with Crippen LogP contribution in [0.25, 0.3) is 0 Å². The Morgan fingerprint density at radius 1 is 1.42 bits per heavy atom. The second-order valence-electron chi connectivity index (χ2n) is 5.60. The number of ether oxygens (including phenoxy) is 2. The molecule has 0 atom stereocenters. The van der Waals surface area contributed by atoms with Crippen molar-refractivity contribution in [3.05, 3.63) is 29.3 Å². The number of nitrogens with zero attached hydrogens (tertiary/aromatic N) is 2. The van der Waals surface area contributed by atoms with E-state index in [4.69, 9.17) is 9.47 Å². The van der Waals surface area contributed by atoms with Gasteiger partial charge in [0.15, 0.2) is 0 Å². The molecular weight excluding hydrogens is 240 g/mol. The van der Waals surface area contributed by atoms with E-state index in [-0.39, 0.29) is 5.41 Å². The third-order valence-electron chi connectivity index (χ3n) is 3.77. The maximum absolute atomic E-state index is 9.21. The molecule has 0 spiro atoms. The number of hydrogen-bond acceptors (Lipinski definition) is 4. The Morgan fingerprint density at radius 2 is 2.26 bits per heavy atom. The second kappa shape index (κ2) is 4.84. The van der Waals surface area contributed by atoms with Gasteiger partial charge in [0, 0.05) is 19.5 Å². The topological polar surface area (TPSA) is 45.5 Å². The van der Waals surface area contributed by atoms with Crippen LogP contribution in [0.15, 0.2) is 18.2 Å². The minimum atomic E-state index is -0.297. The Morgan fingerprint density at radius 3 is 2.95 bits per heavy atom. The van der Waals surface area contributed by atoms with Crippen LogP contribution in [0.1, 0.15) is 11.1 Å². The van der Waals surface area contributed by atoms with E-state index in [1.54, 1.807) is 0 Å². The lowest BCUT2D eigenvalue weighted by Gasteiger charge is -2.38. The molecule has 3 rings (SSSR count). The monoisotopic (exact) mass is 258 g/mol. The van der Waals surface area contributed by atoms with Crippen LogP contribution in [0.3, 0.4) is 0 Å². The molecule has 0 aromatic heterocycles. The Balaban J connectivity index is 1.63. The zero-order valence-electron chi connectivity index (χ0n) is 11.2. The maximum atomic E-state index is 9.21. The maximum Gasteiger partial charge on any atom is 0.122 e. The highest BCUT2D eigenvalue weighted by atomic mass is 16.5. The number of rotatable bonds is 4. The van der Waals surface area contributed by atoms with Crippen LogP contribution in [-0.2, 0) is 17.7 Å². The van der Waals surface area contributed by atoms with E-state index >= 15 is 0 Å². The molecule has 1 fully saturated rings. The largest absolute Gasteiger partial charge is 0.493 e. The first kappa shape index (κ1) is 12.5. The molecule has 2 aliphatic heterocycles. The third kappa shape index (κ3) is 2.44. The molecule has 0 radical (unpaired) electrons. The highest BCUT2D eigenvalue weighted by molar-refractivity contribution is 5.39. The number of nitriles is 1. The fourth-order valence-electron chi connectivity index (χ4n) is 2.76. The number of benzene rings is 1. The minimum absolute atomic E-state index is 0.297. The van der Waals surface area contributed by atoms with Gasteiger partial charge in [-0.1, -0.05) is 12.1 Å². The number of fused-ring (bicyclic) bond motifs is 1. The van der Waals surface area contributed by atoms with E-state index in [1.807, 2.05) is 0 Å². The molecule has 2 heterocycles. The van der Waals surface area contributed by atoms with Crippen LogP contribution in [0.5, 0.6) is 5.75 Å². The average Bonchev–Trinajstić information content (AvgIpc) is 2.81. The normalized spacial score (nSPS) is 19.4. The van der Waals surface area contributed by atoms with Gasteiger partial charge in [0.1, 0.15) is 11.2 Å². The zero-order valence-corrected chi connectivity index (χ0v) is 11.2. The van der Waals surface area contributed by atoms with E-state index in [0.29, 0.717) is 13.2 Å². The lowest BCUT2D eigenvalue weighted by atomic mass is 9.87. The predicted molar refractivity (Wildman–Crippen MR) is 70.8 cm³/mol. The van der Waals surface area contributed by atoms with E-state index in [9.17, 15) is 5.26 Å². The summed E-state index contributed by atoms with van der Waals surface area (Å²) in [5, 5.41) is 9.21. The molecule has 4 nitrogen and oxygen atoms in total. The molecule has 4 heteroatoms. The van der Waals surface area contributed by atoms with Gasteiger partial charge in [-0.3, -0.25) is 0 Å². The summed E-state index contributed by atoms with van der Waals surface area (Å²) in [6.07, 6.45) is 1.00. The molecule has 2 aliphatic rings. The average molecular weight is 258 g/mol. The van der Waals surface area contributed by atoms with Crippen molar-refractivity contribution in [2.45, 2.75) is 13.0 Å². The molecule has 0 aliphatic carbocycles. The fraction of sp³-hybridized carbons (Fsp3) is 0.533. The fourth-order valence-corrected chi connectivity index (χ4v) is 2.76. The summed E-state index contributed by atoms with van der Waals surface area (Å²) in [5.41, 5.74) is 2.28. The first-order valence-corrected chi connectivity index (χ1v) is 6.63. The van der Waals surface area contributed by atoms with Crippen molar-refractivity contribution in [2.75, 3.05) is 33.4 Å². The van der Waals surface area contributed by atoms with Crippen LogP contribution >= 0.6 is 0 Å². The molecule has 0 unspecified atom stereocenters. The Labute approximate surface area is 113 Å². The van der Waals surface area contributed by atoms with E-state index in [1.165, 1.54) is 11.1 Å². The van der Waals surface area contributed by atoms with Gasteiger partial charge in [-0.05, 0) is 24.2 Å². The summed E-state index contributed by atoms with van der Waals surface area (Å²) in [6, 6.07) is 8.77. The van der Waals surface area contributed by atoms with Gasteiger partial charge in [0.2, 0.25) is 0 Å². The van der Waals surface area contributed by atoms with Crippen molar-refractivity contribution in [1.82, 2.24) is 4.90 Å². The van der Waals surface area contributed by atoms with Gasteiger partial charge in [0.05, 0.1) is 25.9 Å². The van der Waals surface area contributed by atoms with Crippen LogP contribution in [0.4, 0.5) is 0 Å². The molecule has 100 valence electrons. The molecule has 0 saturated carbocycles. The lowest BCUT2D eigenvalue weighted by Crippen LogP contribution is -2.48.